The van der Waals surface area contributed by atoms with Gasteiger partial charge in [0.1, 0.15) is 12.6 Å². The number of ether oxygens (including phenoxy) is 1. The molecule has 41 heavy (non-hydrogen) atoms. The molecule has 1 atom stereocenters. The van der Waals surface area contributed by atoms with Gasteiger partial charge in [-0.15, -0.1) is 0 Å². The first-order chi connectivity index (χ1) is 20.0. The van der Waals surface area contributed by atoms with E-state index in [9.17, 15) is 14.4 Å². The molecule has 6 heteroatoms. The van der Waals surface area contributed by atoms with Crippen LogP contribution in [-0.2, 0) is 19.1 Å². The molecule has 0 aromatic rings. The van der Waals surface area contributed by atoms with Gasteiger partial charge in [-0.25, -0.2) is 0 Å². The Morgan fingerprint density at radius 3 is 1.78 bits per heavy atom. The second-order valence-corrected chi connectivity index (χ2v) is 11.1. The first-order valence-corrected chi connectivity index (χ1v) is 16.6. The van der Waals surface area contributed by atoms with E-state index in [1.165, 1.54) is 51.4 Å². The highest BCUT2D eigenvalue weighted by atomic mass is 16.5. The highest BCUT2D eigenvalue weighted by molar-refractivity contribution is 5.80. The lowest BCUT2D eigenvalue weighted by atomic mass is 10.0. The van der Waals surface area contributed by atoms with Gasteiger partial charge in [0.15, 0.2) is 0 Å². The first-order valence-electron chi connectivity index (χ1n) is 16.6. The predicted molar refractivity (Wildman–Crippen MR) is 171 cm³/mol. The summed E-state index contributed by atoms with van der Waals surface area (Å²) < 4.78 is 5.78. The van der Waals surface area contributed by atoms with Gasteiger partial charge in [0, 0.05) is 12.8 Å². The van der Waals surface area contributed by atoms with Crippen molar-refractivity contribution in [2.45, 2.75) is 161 Å². The second kappa shape index (κ2) is 30.6. The average molecular weight is 576 g/mol. The molecule has 1 unspecified atom stereocenters. The number of amides is 1. The minimum absolute atomic E-state index is 0.0380. The third-order valence-electron chi connectivity index (χ3n) is 7.06. The molecular weight excluding hydrogens is 514 g/mol. The monoisotopic (exact) mass is 575 g/mol. The maximum absolute atomic E-state index is 12.4. The Morgan fingerprint density at radius 2 is 1.15 bits per heavy atom. The van der Waals surface area contributed by atoms with Gasteiger partial charge >= 0.3 is 11.9 Å². The number of carboxylic acids is 1. The van der Waals surface area contributed by atoms with Gasteiger partial charge in [0.25, 0.3) is 0 Å². The van der Waals surface area contributed by atoms with Crippen molar-refractivity contribution in [3.63, 3.8) is 0 Å². The highest BCUT2D eigenvalue weighted by Crippen LogP contribution is 2.16. The number of esters is 1. The smallest absolute Gasteiger partial charge is 0.322 e. The molecule has 0 radical (unpaired) electrons. The Balaban J connectivity index is 3.76. The van der Waals surface area contributed by atoms with Gasteiger partial charge < -0.3 is 15.2 Å². The number of carbonyl (C=O) groups is 3. The summed E-state index contributed by atoms with van der Waals surface area (Å²) >= 11 is 0. The molecule has 2 N–H and O–H groups in total. The summed E-state index contributed by atoms with van der Waals surface area (Å²) in [6.07, 6.45) is 35.9. The SMILES string of the molecule is CCCCC/C=C\C/C=C\C/C=C\CCCCCCCCC(=O)OC(CCCC)CCCCCC(=O)NCC(=O)O. The van der Waals surface area contributed by atoms with E-state index >= 15 is 0 Å². The van der Waals surface area contributed by atoms with Crippen molar-refractivity contribution in [1.82, 2.24) is 5.32 Å². The number of carbonyl (C=O) groups excluding carboxylic acids is 2. The molecule has 0 spiro atoms. The van der Waals surface area contributed by atoms with Crippen LogP contribution in [0, 0.1) is 0 Å². The molecule has 0 aromatic carbocycles. The lowest BCUT2D eigenvalue weighted by molar-refractivity contribution is -0.150. The third kappa shape index (κ3) is 30.4. The molecule has 0 fully saturated rings. The summed E-state index contributed by atoms with van der Waals surface area (Å²) in [6.45, 7) is 4.05. The number of hydrogen-bond acceptors (Lipinski definition) is 4. The number of carboxylic acid groups (broad SMARTS) is 1. The lowest BCUT2D eigenvalue weighted by Gasteiger charge is -2.18. The number of aliphatic carboxylic acids is 1. The molecule has 0 saturated carbocycles. The molecule has 0 heterocycles. The highest BCUT2D eigenvalue weighted by Gasteiger charge is 2.14. The Labute approximate surface area is 251 Å². The van der Waals surface area contributed by atoms with Crippen LogP contribution in [0.4, 0.5) is 0 Å². The van der Waals surface area contributed by atoms with Crippen molar-refractivity contribution in [2.24, 2.45) is 0 Å². The summed E-state index contributed by atoms with van der Waals surface area (Å²) in [6, 6.07) is 0. The molecule has 0 rings (SSSR count). The zero-order valence-corrected chi connectivity index (χ0v) is 26.4. The topological polar surface area (TPSA) is 92.7 Å². The number of rotatable bonds is 29. The van der Waals surface area contributed by atoms with Gasteiger partial charge in [-0.05, 0) is 70.6 Å². The second-order valence-electron chi connectivity index (χ2n) is 11.1. The number of nitrogens with one attached hydrogen (secondary N) is 1. The van der Waals surface area contributed by atoms with E-state index in [1.807, 2.05) is 0 Å². The minimum atomic E-state index is -1.03. The maximum Gasteiger partial charge on any atom is 0.322 e. The van der Waals surface area contributed by atoms with Crippen molar-refractivity contribution >= 4 is 17.8 Å². The van der Waals surface area contributed by atoms with E-state index in [0.29, 0.717) is 19.3 Å². The van der Waals surface area contributed by atoms with Gasteiger partial charge in [0.05, 0.1) is 0 Å². The normalized spacial score (nSPS) is 12.4. The maximum atomic E-state index is 12.4. The quantitative estimate of drug-likeness (QED) is 0.0526. The van der Waals surface area contributed by atoms with Crippen LogP contribution in [0.25, 0.3) is 0 Å². The van der Waals surface area contributed by atoms with Crippen molar-refractivity contribution in [3.05, 3.63) is 36.5 Å². The van der Waals surface area contributed by atoms with Crippen LogP contribution in [0.3, 0.4) is 0 Å². The molecule has 0 aliphatic heterocycles. The zero-order valence-electron chi connectivity index (χ0n) is 26.4. The fourth-order valence-corrected chi connectivity index (χ4v) is 4.56. The van der Waals surface area contributed by atoms with Gasteiger partial charge in [-0.3, -0.25) is 14.4 Å². The zero-order chi connectivity index (χ0) is 30.2. The standard InChI is InChI=1S/C35H61NO5/c1-3-5-7-8-9-10-11-12-13-14-15-16-17-18-19-20-21-22-26-30-35(40)41-32(27-6-4-2)28-24-23-25-29-33(37)36-31-34(38)39/h9-10,12-13,15-16,32H,3-8,11,14,17-31H2,1-2H3,(H,36,37)(H,38,39)/b10-9-,13-12-,16-15-. The van der Waals surface area contributed by atoms with Crippen molar-refractivity contribution in [2.75, 3.05) is 6.54 Å². The number of hydrogen-bond donors (Lipinski definition) is 2. The fourth-order valence-electron chi connectivity index (χ4n) is 4.56. The van der Waals surface area contributed by atoms with Crippen LogP contribution < -0.4 is 5.32 Å². The summed E-state index contributed by atoms with van der Waals surface area (Å²) in [5, 5.41) is 11.0. The molecule has 1 amide bonds. The predicted octanol–water partition coefficient (Wildman–Crippen LogP) is 9.39. The van der Waals surface area contributed by atoms with Gasteiger partial charge in [-0.1, -0.05) is 108 Å². The van der Waals surface area contributed by atoms with Gasteiger partial charge in [0.2, 0.25) is 5.91 Å². The number of unbranched alkanes of at least 4 members (excludes halogenated alkanes) is 12. The molecular formula is C35H61NO5. The largest absolute Gasteiger partial charge is 0.480 e. The van der Waals surface area contributed by atoms with E-state index < -0.39 is 5.97 Å². The van der Waals surface area contributed by atoms with Crippen molar-refractivity contribution < 1.29 is 24.2 Å². The Bertz CT molecular complexity index is 728. The van der Waals surface area contributed by atoms with Crippen LogP contribution in [0.15, 0.2) is 36.5 Å². The summed E-state index contributed by atoms with van der Waals surface area (Å²) in [5.41, 5.74) is 0. The van der Waals surface area contributed by atoms with E-state index in [0.717, 1.165) is 70.6 Å². The van der Waals surface area contributed by atoms with E-state index in [2.05, 4.69) is 55.6 Å². The Morgan fingerprint density at radius 1 is 0.634 bits per heavy atom. The molecule has 0 aliphatic carbocycles. The van der Waals surface area contributed by atoms with E-state index in [1.54, 1.807) is 0 Å². The molecule has 0 aromatic heterocycles. The average Bonchev–Trinajstić information content (AvgIpc) is 2.95. The van der Waals surface area contributed by atoms with Crippen molar-refractivity contribution in [3.8, 4) is 0 Å². The first kappa shape index (κ1) is 38.6. The molecule has 0 saturated heterocycles. The molecule has 0 aliphatic rings. The minimum Gasteiger partial charge on any atom is -0.480 e. The fraction of sp³-hybridized carbons (Fsp3) is 0.743. The van der Waals surface area contributed by atoms with Gasteiger partial charge in [-0.2, -0.15) is 0 Å². The summed E-state index contributed by atoms with van der Waals surface area (Å²) in [5.74, 6) is -1.34. The van der Waals surface area contributed by atoms with E-state index in [-0.39, 0.29) is 24.5 Å². The van der Waals surface area contributed by atoms with Crippen LogP contribution in [0.5, 0.6) is 0 Å². The molecule has 0 bridgehead atoms. The van der Waals surface area contributed by atoms with Crippen LogP contribution in [-0.4, -0.2) is 35.6 Å². The third-order valence-corrected chi connectivity index (χ3v) is 7.06. The summed E-state index contributed by atoms with van der Waals surface area (Å²) in [4.78, 5) is 34.4. The summed E-state index contributed by atoms with van der Waals surface area (Å²) in [7, 11) is 0. The van der Waals surface area contributed by atoms with Crippen LogP contribution in [0.2, 0.25) is 0 Å². The van der Waals surface area contributed by atoms with Crippen LogP contribution >= 0.6 is 0 Å². The molecule has 236 valence electrons. The number of allylic oxidation sites excluding steroid dienone is 6. The van der Waals surface area contributed by atoms with Crippen LogP contribution in [0.1, 0.15) is 155 Å². The lowest BCUT2D eigenvalue weighted by Crippen LogP contribution is -2.28. The molecule has 6 nitrogen and oxygen atoms in total. The van der Waals surface area contributed by atoms with E-state index in [4.69, 9.17) is 9.84 Å². The Kier molecular flexibility index (Phi) is 28.8. The Hall–Kier alpha value is -2.37. The van der Waals surface area contributed by atoms with Crippen molar-refractivity contribution in [1.29, 1.82) is 0 Å².